The van der Waals surface area contributed by atoms with Gasteiger partial charge in [-0.2, -0.15) is 4.37 Å². The van der Waals surface area contributed by atoms with E-state index < -0.39 is 0 Å². The highest BCUT2D eigenvalue weighted by Gasteiger charge is 2.14. The first kappa shape index (κ1) is 14.4. The van der Waals surface area contributed by atoms with Crippen molar-refractivity contribution in [1.82, 2.24) is 14.7 Å². The molecule has 4 nitrogen and oxygen atoms in total. The summed E-state index contributed by atoms with van der Waals surface area (Å²) in [4.78, 5) is 6.92. The highest BCUT2D eigenvalue weighted by Crippen LogP contribution is 2.20. The summed E-state index contributed by atoms with van der Waals surface area (Å²) < 4.78 is 17.7. The molecule has 0 spiro atoms. The summed E-state index contributed by atoms with van der Waals surface area (Å²) in [5.74, 6) is 0.654. The Kier molecular flexibility index (Phi) is 4.45. The lowest BCUT2D eigenvalue weighted by atomic mass is 10.1. The average molecular weight is 306 g/mol. The summed E-state index contributed by atoms with van der Waals surface area (Å²) in [5.41, 5.74) is 1.72. The molecule has 3 rings (SSSR count). The lowest BCUT2D eigenvalue weighted by Crippen LogP contribution is -2.27. The van der Waals surface area contributed by atoms with Gasteiger partial charge in [0, 0.05) is 37.6 Å². The molecular weight excluding hydrogens is 287 g/mol. The van der Waals surface area contributed by atoms with Crippen LogP contribution in [0.4, 0.5) is 9.52 Å². The first-order valence-corrected chi connectivity index (χ1v) is 8.03. The van der Waals surface area contributed by atoms with Crippen molar-refractivity contribution >= 4 is 16.7 Å². The van der Waals surface area contributed by atoms with Gasteiger partial charge in [-0.3, -0.25) is 0 Å². The molecule has 1 fully saturated rings. The Bertz CT molecular complexity index is 605. The molecule has 1 aromatic carbocycles. The van der Waals surface area contributed by atoms with Gasteiger partial charge in [0.2, 0.25) is 5.13 Å². The molecule has 2 heterocycles. The fourth-order valence-corrected chi connectivity index (χ4v) is 3.22. The van der Waals surface area contributed by atoms with Crippen LogP contribution in [0.5, 0.6) is 0 Å². The molecule has 112 valence electrons. The molecule has 0 aliphatic carbocycles. The predicted molar refractivity (Wildman–Crippen MR) is 83.6 cm³/mol. The zero-order valence-corrected chi connectivity index (χ0v) is 12.9. The van der Waals surface area contributed by atoms with Gasteiger partial charge in [0.05, 0.1) is 0 Å². The van der Waals surface area contributed by atoms with E-state index in [9.17, 15) is 4.39 Å². The first-order valence-electron chi connectivity index (χ1n) is 7.25. The number of anilines is 1. The fraction of sp³-hybridized carbons (Fsp3) is 0.467. The van der Waals surface area contributed by atoms with Crippen molar-refractivity contribution in [2.75, 3.05) is 31.1 Å². The quantitative estimate of drug-likeness (QED) is 0.945. The summed E-state index contributed by atoms with van der Waals surface area (Å²) >= 11 is 1.45. The van der Waals surface area contributed by atoms with E-state index in [0.717, 1.165) is 49.1 Å². The van der Waals surface area contributed by atoms with Gasteiger partial charge >= 0.3 is 0 Å². The van der Waals surface area contributed by atoms with E-state index in [2.05, 4.69) is 19.6 Å². The Labute approximate surface area is 128 Å². The number of benzene rings is 1. The number of rotatable bonds is 3. The average Bonchev–Trinajstić information content (AvgIpc) is 2.76. The molecule has 0 bridgehead atoms. The first-order chi connectivity index (χ1) is 10.2. The van der Waals surface area contributed by atoms with Crippen LogP contribution in [-0.2, 0) is 6.42 Å². The van der Waals surface area contributed by atoms with Crippen molar-refractivity contribution in [3.63, 3.8) is 0 Å². The summed E-state index contributed by atoms with van der Waals surface area (Å²) in [6.07, 6.45) is 1.79. The van der Waals surface area contributed by atoms with Crippen molar-refractivity contribution in [2.24, 2.45) is 0 Å². The second kappa shape index (κ2) is 6.49. The van der Waals surface area contributed by atoms with Crippen molar-refractivity contribution in [3.05, 3.63) is 41.0 Å². The largest absolute Gasteiger partial charge is 0.346 e. The van der Waals surface area contributed by atoms with Crippen molar-refractivity contribution < 1.29 is 4.39 Å². The van der Waals surface area contributed by atoms with Crippen LogP contribution in [0.15, 0.2) is 18.2 Å². The number of aryl methyl sites for hydroxylation is 1. The van der Waals surface area contributed by atoms with Crippen LogP contribution in [0.25, 0.3) is 0 Å². The van der Waals surface area contributed by atoms with Crippen LogP contribution in [-0.4, -0.2) is 35.5 Å². The molecule has 0 saturated carbocycles. The summed E-state index contributed by atoms with van der Waals surface area (Å²) in [5, 5.41) is 4.38. The summed E-state index contributed by atoms with van der Waals surface area (Å²) in [7, 11) is 0. The monoisotopic (exact) mass is 306 g/mol. The number of halogens is 1. The van der Waals surface area contributed by atoms with Gasteiger partial charge in [0.1, 0.15) is 11.6 Å². The Balaban J connectivity index is 1.70. The van der Waals surface area contributed by atoms with Crippen molar-refractivity contribution in [2.45, 2.75) is 19.8 Å². The topological polar surface area (TPSA) is 41.1 Å². The predicted octanol–water partition coefficient (Wildman–Crippen LogP) is 2.38. The van der Waals surface area contributed by atoms with Crippen LogP contribution in [0, 0.1) is 12.7 Å². The second-order valence-corrected chi connectivity index (χ2v) is 6.07. The maximum absolute atomic E-state index is 13.3. The molecule has 2 aromatic rings. The smallest absolute Gasteiger partial charge is 0.205 e. The lowest BCUT2D eigenvalue weighted by Gasteiger charge is -2.17. The minimum atomic E-state index is -0.164. The van der Waals surface area contributed by atoms with Gasteiger partial charge in [-0.05, 0) is 37.1 Å². The Hall–Kier alpha value is -1.53. The molecule has 0 radical (unpaired) electrons. The number of aromatic nitrogens is 2. The zero-order chi connectivity index (χ0) is 14.7. The van der Waals surface area contributed by atoms with Crippen molar-refractivity contribution in [1.29, 1.82) is 0 Å². The third-order valence-electron chi connectivity index (χ3n) is 3.65. The molecule has 0 unspecified atom stereocenters. The molecule has 6 heteroatoms. The van der Waals surface area contributed by atoms with Gasteiger partial charge in [0.15, 0.2) is 0 Å². The second-order valence-electron chi connectivity index (χ2n) is 5.34. The van der Waals surface area contributed by atoms with Gasteiger partial charge in [0.25, 0.3) is 0 Å². The van der Waals surface area contributed by atoms with Crippen LogP contribution in [0.3, 0.4) is 0 Å². The van der Waals surface area contributed by atoms with E-state index >= 15 is 0 Å². The molecule has 1 aromatic heterocycles. The Morgan fingerprint density at radius 2 is 2.24 bits per heavy atom. The normalized spacial score (nSPS) is 16.0. The van der Waals surface area contributed by atoms with Crippen LogP contribution < -0.4 is 10.2 Å². The minimum Gasteiger partial charge on any atom is -0.346 e. The molecule has 1 N–H and O–H groups in total. The molecule has 1 saturated heterocycles. The van der Waals surface area contributed by atoms with Crippen molar-refractivity contribution in [3.8, 4) is 0 Å². The molecule has 0 atom stereocenters. The Morgan fingerprint density at radius 3 is 3.10 bits per heavy atom. The van der Waals surface area contributed by atoms with E-state index in [1.165, 1.54) is 17.6 Å². The molecule has 1 aliphatic heterocycles. The minimum absolute atomic E-state index is 0.164. The highest BCUT2D eigenvalue weighted by molar-refractivity contribution is 7.09. The summed E-state index contributed by atoms with van der Waals surface area (Å²) in [6.45, 7) is 5.84. The molecule has 21 heavy (non-hydrogen) atoms. The fourth-order valence-electron chi connectivity index (χ4n) is 2.48. The van der Waals surface area contributed by atoms with Crippen LogP contribution in [0.2, 0.25) is 0 Å². The lowest BCUT2D eigenvalue weighted by molar-refractivity contribution is 0.617. The summed E-state index contributed by atoms with van der Waals surface area (Å²) in [6, 6.07) is 5.18. The van der Waals surface area contributed by atoms with Crippen LogP contribution >= 0.6 is 11.5 Å². The van der Waals surface area contributed by atoms with Gasteiger partial charge in [-0.15, -0.1) is 0 Å². The number of nitrogens with one attached hydrogen (secondary N) is 1. The molecule has 0 amide bonds. The van der Waals surface area contributed by atoms with E-state index in [-0.39, 0.29) is 5.82 Å². The van der Waals surface area contributed by atoms with Gasteiger partial charge < -0.3 is 10.2 Å². The third kappa shape index (κ3) is 3.57. The van der Waals surface area contributed by atoms with E-state index in [1.54, 1.807) is 13.0 Å². The third-order valence-corrected chi connectivity index (χ3v) is 4.47. The SMILES string of the molecule is Cc1cc(Cc2nsc(N3CCCNCC3)n2)ccc1F. The number of hydrogen-bond donors (Lipinski definition) is 1. The van der Waals surface area contributed by atoms with Gasteiger partial charge in [-0.25, -0.2) is 9.37 Å². The molecule has 1 aliphatic rings. The van der Waals surface area contributed by atoms with E-state index in [1.807, 2.05) is 6.07 Å². The molecular formula is C15H19FN4S. The zero-order valence-electron chi connectivity index (χ0n) is 12.1. The van der Waals surface area contributed by atoms with E-state index in [4.69, 9.17) is 0 Å². The maximum Gasteiger partial charge on any atom is 0.205 e. The maximum atomic E-state index is 13.3. The number of hydrogen-bond acceptors (Lipinski definition) is 5. The van der Waals surface area contributed by atoms with Crippen LogP contribution in [0.1, 0.15) is 23.4 Å². The number of nitrogens with zero attached hydrogens (tertiary/aromatic N) is 3. The van der Waals surface area contributed by atoms with Gasteiger partial charge in [-0.1, -0.05) is 12.1 Å². The highest BCUT2D eigenvalue weighted by atomic mass is 32.1. The van der Waals surface area contributed by atoms with E-state index in [0.29, 0.717) is 12.0 Å². The standard InChI is InChI=1S/C15H19FN4S/c1-11-9-12(3-4-13(11)16)10-14-18-15(21-19-14)20-7-2-5-17-6-8-20/h3-4,9,17H,2,5-8,10H2,1H3. The Morgan fingerprint density at radius 1 is 1.33 bits per heavy atom.